The molecule has 8 heteroatoms. The molecule has 0 bridgehead atoms. The Bertz CT molecular complexity index is 1350. The summed E-state index contributed by atoms with van der Waals surface area (Å²) in [5.41, 5.74) is 3.03. The zero-order valence-electron chi connectivity index (χ0n) is 16.6. The summed E-state index contributed by atoms with van der Waals surface area (Å²) in [5, 5.41) is 3.28. The molecule has 152 valence electrons. The molecule has 1 saturated carbocycles. The van der Waals surface area contributed by atoms with E-state index in [4.69, 9.17) is 4.74 Å². The van der Waals surface area contributed by atoms with Gasteiger partial charge < -0.3 is 4.74 Å². The first-order valence-electron chi connectivity index (χ1n) is 9.75. The number of anilines is 1. The smallest absolute Gasteiger partial charge is 0.258 e. The number of fused-ring (bicyclic) bond motifs is 1. The van der Waals surface area contributed by atoms with E-state index in [9.17, 15) is 4.79 Å². The normalized spacial score (nSPS) is 12.8. The summed E-state index contributed by atoms with van der Waals surface area (Å²) < 4.78 is 5.44. The van der Waals surface area contributed by atoms with Crippen LogP contribution in [0.4, 0.5) is 5.13 Å². The average molecular weight is 427 g/mol. The fourth-order valence-electron chi connectivity index (χ4n) is 3.08. The predicted molar refractivity (Wildman–Crippen MR) is 119 cm³/mol. The highest BCUT2D eigenvalue weighted by atomic mass is 32.1. The Labute approximate surface area is 182 Å². The van der Waals surface area contributed by atoms with Crippen molar-refractivity contribution in [2.75, 3.05) is 12.4 Å². The Morgan fingerprint density at radius 2 is 2.03 bits per heavy atom. The molecule has 1 aliphatic rings. The second-order valence-corrected chi connectivity index (χ2v) is 8.00. The predicted octanol–water partition coefficient (Wildman–Crippen LogP) is 4.17. The fraction of sp³-hybridized carbons (Fsp3) is 0.174. The lowest BCUT2D eigenvalue weighted by atomic mass is 10.0. The van der Waals surface area contributed by atoms with Crippen LogP contribution >= 0.6 is 11.3 Å². The van der Waals surface area contributed by atoms with Crippen LogP contribution in [0.15, 0.2) is 48.9 Å². The molecular weight excluding hydrogens is 410 g/mol. The highest BCUT2D eigenvalue weighted by Gasteiger charge is 2.19. The first-order chi connectivity index (χ1) is 15.2. The maximum atomic E-state index is 13.1. The van der Waals surface area contributed by atoms with E-state index in [1.54, 1.807) is 31.8 Å². The van der Waals surface area contributed by atoms with Crippen molar-refractivity contribution in [2.24, 2.45) is 5.92 Å². The Morgan fingerprint density at radius 1 is 1.16 bits per heavy atom. The number of nitrogens with zero attached hydrogens (tertiary/aromatic N) is 4. The minimum Gasteiger partial charge on any atom is -0.496 e. The van der Waals surface area contributed by atoms with Crippen LogP contribution in [-0.4, -0.2) is 33.0 Å². The number of amides is 1. The third kappa shape index (κ3) is 4.09. The van der Waals surface area contributed by atoms with E-state index in [0.29, 0.717) is 44.1 Å². The number of pyridine rings is 1. The molecule has 1 aromatic carbocycles. The number of nitrogens with one attached hydrogen (secondary N) is 1. The Kier molecular flexibility index (Phi) is 5.02. The Morgan fingerprint density at radius 3 is 2.87 bits per heavy atom. The molecule has 31 heavy (non-hydrogen) atoms. The molecule has 0 saturated heterocycles. The minimum atomic E-state index is -0.295. The van der Waals surface area contributed by atoms with Gasteiger partial charge in [0, 0.05) is 29.4 Å². The minimum absolute atomic E-state index is 0.295. The van der Waals surface area contributed by atoms with Crippen LogP contribution in [0.2, 0.25) is 0 Å². The van der Waals surface area contributed by atoms with Gasteiger partial charge in [0.25, 0.3) is 5.91 Å². The van der Waals surface area contributed by atoms with E-state index in [1.807, 2.05) is 24.3 Å². The van der Waals surface area contributed by atoms with Gasteiger partial charge in [0.2, 0.25) is 0 Å². The number of rotatable bonds is 4. The molecule has 1 aliphatic carbocycles. The SMILES string of the molecule is COc1ccccc1-c1cnccc1C(=O)Nc1nc2ncc(C#CC3CC3)nc2s1. The first kappa shape index (κ1) is 19.2. The van der Waals surface area contributed by atoms with Crippen LogP contribution in [-0.2, 0) is 0 Å². The van der Waals surface area contributed by atoms with E-state index in [1.165, 1.54) is 11.3 Å². The number of methoxy groups -OCH3 is 1. The highest BCUT2D eigenvalue weighted by Crippen LogP contribution is 2.32. The molecule has 1 N–H and O–H groups in total. The number of benzene rings is 1. The number of hydrogen-bond donors (Lipinski definition) is 1. The molecule has 0 aliphatic heterocycles. The van der Waals surface area contributed by atoms with Crippen molar-refractivity contribution in [3.8, 4) is 28.7 Å². The number of hydrogen-bond acceptors (Lipinski definition) is 7. The third-order valence-electron chi connectivity index (χ3n) is 4.79. The number of thiazole rings is 1. The van der Waals surface area contributed by atoms with Crippen LogP contribution in [0.25, 0.3) is 21.6 Å². The standard InChI is InChI=1S/C23H17N5O2S/c1-30-19-5-3-2-4-16(19)18-13-24-11-10-17(18)21(29)28-23-27-20-22(31-23)26-15(12-25-20)9-8-14-6-7-14/h2-5,10-14H,6-7H2,1H3,(H,25,27,28,29). The first-order valence-corrected chi connectivity index (χ1v) is 10.6. The van der Waals surface area contributed by atoms with Gasteiger partial charge in [0.1, 0.15) is 11.4 Å². The van der Waals surface area contributed by atoms with Gasteiger partial charge in [0.15, 0.2) is 15.6 Å². The van der Waals surface area contributed by atoms with Gasteiger partial charge in [-0.3, -0.25) is 15.1 Å². The number of para-hydroxylation sites is 1. The van der Waals surface area contributed by atoms with Crippen LogP contribution in [0.5, 0.6) is 5.75 Å². The van der Waals surface area contributed by atoms with E-state index in [0.717, 1.165) is 18.4 Å². The van der Waals surface area contributed by atoms with Crippen LogP contribution < -0.4 is 10.1 Å². The maximum Gasteiger partial charge on any atom is 0.258 e. The van der Waals surface area contributed by atoms with Crippen LogP contribution in [0.3, 0.4) is 0 Å². The molecule has 0 radical (unpaired) electrons. The maximum absolute atomic E-state index is 13.1. The molecule has 0 unspecified atom stereocenters. The largest absolute Gasteiger partial charge is 0.496 e. The van der Waals surface area contributed by atoms with Crippen molar-refractivity contribution in [1.82, 2.24) is 19.9 Å². The molecule has 1 amide bonds. The van der Waals surface area contributed by atoms with Crippen LogP contribution in [0.1, 0.15) is 28.9 Å². The van der Waals surface area contributed by atoms with E-state index >= 15 is 0 Å². The molecule has 4 aromatic rings. The zero-order chi connectivity index (χ0) is 21.2. The lowest BCUT2D eigenvalue weighted by molar-refractivity contribution is 0.102. The number of aromatic nitrogens is 4. The highest BCUT2D eigenvalue weighted by molar-refractivity contribution is 7.21. The van der Waals surface area contributed by atoms with E-state index in [-0.39, 0.29) is 5.91 Å². The summed E-state index contributed by atoms with van der Waals surface area (Å²) in [6, 6.07) is 9.18. The summed E-state index contributed by atoms with van der Waals surface area (Å²) in [5.74, 6) is 7.10. The quantitative estimate of drug-likeness (QED) is 0.492. The van der Waals surface area contributed by atoms with Gasteiger partial charge in [-0.05, 0) is 30.9 Å². The lowest BCUT2D eigenvalue weighted by Gasteiger charge is -2.11. The van der Waals surface area contributed by atoms with Crippen molar-refractivity contribution in [1.29, 1.82) is 0 Å². The van der Waals surface area contributed by atoms with Gasteiger partial charge in [-0.25, -0.2) is 9.97 Å². The summed E-state index contributed by atoms with van der Waals surface area (Å²) in [6.07, 6.45) is 7.17. The van der Waals surface area contributed by atoms with Crippen molar-refractivity contribution < 1.29 is 9.53 Å². The molecular formula is C23H17N5O2S. The Hall–Kier alpha value is -3.83. The third-order valence-corrected chi connectivity index (χ3v) is 5.64. The second-order valence-electron chi connectivity index (χ2n) is 7.02. The number of carbonyl (C=O) groups is 1. The summed E-state index contributed by atoms with van der Waals surface area (Å²) in [6.45, 7) is 0. The molecule has 5 rings (SSSR count). The number of carbonyl (C=O) groups excluding carboxylic acids is 1. The summed E-state index contributed by atoms with van der Waals surface area (Å²) in [7, 11) is 1.60. The zero-order valence-corrected chi connectivity index (χ0v) is 17.4. The summed E-state index contributed by atoms with van der Waals surface area (Å²) in [4.78, 5) is 31.1. The van der Waals surface area contributed by atoms with Gasteiger partial charge >= 0.3 is 0 Å². The van der Waals surface area contributed by atoms with Gasteiger partial charge in [0.05, 0.1) is 18.9 Å². The van der Waals surface area contributed by atoms with Crippen molar-refractivity contribution in [2.45, 2.75) is 12.8 Å². The lowest BCUT2D eigenvalue weighted by Crippen LogP contribution is -2.13. The average Bonchev–Trinajstić information content (AvgIpc) is 3.55. The number of ether oxygens (including phenoxy) is 1. The monoisotopic (exact) mass is 427 g/mol. The molecule has 7 nitrogen and oxygen atoms in total. The van der Waals surface area contributed by atoms with E-state index < -0.39 is 0 Å². The molecule has 3 aromatic heterocycles. The van der Waals surface area contributed by atoms with Crippen molar-refractivity contribution >= 4 is 32.9 Å². The Balaban J connectivity index is 1.43. The van der Waals surface area contributed by atoms with Gasteiger partial charge in [-0.2, -0.15) is 4.98 Å². The molecule has 1 fully saturated rings. The fourth-order valence-corrected chi connectivity index (χ4v) is 3.87. The summed E-state index contributed by atoms with van der Waals surface area (Å²) >= 11 is 1.27. The molecule has 0 spiro atoms. The van der Waals surface area contributed by atoms with Crippen molar-refractivity contribution in [3.63, 3.8) is 0 Å². The topological polar surface area (TPSA) is 89.9 Å². The molecule has 0 atom stereocenters. The second kappa shape index (κ2) is 8.13. The van der Waals surface area contributed by atoms with E-state index in [2.05, 4.69) is 37.1 Å². The van der Waals surface area contributed by atoms with Gasteiger partial charge in [-0.1, -0.05) is 35.5 Å². The molecule has 3 heterocycles. The van der Waals surface area contributed by atoms with Crippen LogP contribution in [0, 0.1) is 17.8 Å². The van der Waals surface area contributed by atoms with Crippen molar-refractivity contribution in [3.05, 3.63) is 60.2 Å². The van der Waals surface area contributed by atoms with Gasteiger partial charge in [-0.15, -0.1) is 0 Å².